The molecule has 2 aromatic heterocycles. The first-order valence-corrected chi connectivity index (χ1v) is 13.8. The molecule has 4 aromatic rings. The van der Waals surface area contributed by atoms with E-state index in [0.717, 1.165) is 50.8 Å². The average molecular weight is 509 g/mol. The Morgan fingerprint density at radius 3 is 2.58 bits per heavy atom. The number of carbonyl (C=O) groups is 1. The summed E-state index contributed by atoms with van der Waals surface area (Å²) in [5, 5.41) is 4.30. The number of carbonyl (C=O) groups excluding carboxylic acids is 1. The first kappa shape index (κ1) is 27.3. The van der Waals surface area contributed by atoms with Crippen molar-refractivity contribution in [3.63, 3.8) is 0 Å². The van der Waals surface area contributed by atoms with Crippen LogP contribution in [0.25, 0.3) is 17.0 Å². The van der Waals surface area contributed by atoms with Gasteiger partial charge in [-0.1, -0.05) is 55.0 Å². The number of hydrogen-bond donors (Lipinski definition) is 2. The molecule has 0 aliphatic rings. The van der Waals surface area contributed by atoms with Crippen molar-refractivity contribution in [1.82, 2.24) is 20.2 Å². The van der Waals surface area contributed by atoms with Crippen molar-refractivity contribution in [2.75, 3.05) is 13.1 Å². The van der Waals surface area contributed by atoms with Crippen molar-refractivity contribution < 1.29 is 4.79 Å². The lowest BCUT2D eigenvalue weighted by atomic mass is 10.0. The normalized spacial score (nSPS) is 11.7. The molecule has 0 aliphatic carbocycles. The fourth-order valence-electron chi connectivity index (χ4n) is 4.72. The van der Waals surface area contributed by atoms with Gasteiger partial charge in [0.05, 0.1) is 0 Å². The molecule has 2 N–H and O–H groups in total. The lowest BCUT2D eigenvalue weighted by Crippen LogP contribution is -2.32. The zero-order valence-electron chi connectivity index (χ0n) is 22.7. The summed E-state index contributed by atoms with van der Waals surface area (Å²) in [5.74, 6) is -0.0543. The third kappa shape index (κ3) is 8.42. The minimum absolute atomic E-state index is 0.0543. The highest BCUT2D eigenvalue weighted by molar-refractivity contribution is 5.91. The molecule has 38 heavy (non-hydrogen) atoms. The lowest BCUT2D eigenvalue weighted by Gasteiger charge is -2.26. The van der Waals surface area contributed by atoms with Gasteiger partial charge >= 0.3 is 0 Å². The highest BCUT2D eigenvalue weighted by Gasteiger charge is 2.12. The van der Waals surface area contributed by atoms with Crippen LogP contribution in [0.2, 0.25) is 0 Å². The van der Waals surface area contributed by atoms with E-state index in [9.17, 15) is 4.79 Å². The first-order chi connectivity index (χ1) is 18.6. The second-order valence-corrected chi connectivity index (χ2v) is 10.2. The molecule has 0 unspecified atom stereocenters. The Bertz CT molecular complexity index is 1290. The van der Waals surface area contributed by atoms with Gasteiger partial charge in [-0.2, -0.15) is 0 Å². The van der Waals surface area contributed by atoms with Gasteiger partial charge in [0.1, 0.15) is 0 Å². The summed E-state index contributed by atoms with van der Waals surface area (Å²) in [4.78, 5) is 21.9. The van der Waals surface area contributed by atoms with Crippen LogP contribution in [0.4, 0.5) is 0 Å². The van der Waals surface area contributed by atoms with E-state index in [1.165, 1.54) is 27.6 Å². The van der Waals surface area contributed by atoms with Gasteiger partial charge in [0, 0.05) is 61.2 Å². The van der Waals surface area contributed by atoms with Crippen LogP contribution in [0.1, 0.15) is 55.4 Å². The van der Waals surface area contributed by atoms with Gasteiger partial charge in [-0.3, -0.25) is 14.7 Å². The minimum atomic E-state index is -0.0543. The lowest BCUT2D eigenvalue weighted by molar-refractivity contribution is -0.116. The highest BCUT2D eigenvalue weighted by atomic mass is 16.1. The van der Waals surface area contributed by atoms with Crippen molar-refractivity contribution in [1.29, 1.82) is 0 Å². The molecule has 0 radical (unpaired) electrons. The van der Waals surface area contributed by atoms with E-state index in [2.05, 4.69) is 88.8 Å². The smallest absolute Gasteiger partial charge is 0.243 e. The van der Waals surface area contributed by atoms with E-state index in [4.69, 9.17) is 0 Å². The maximum absolute atomic E-state index is 12.0. The van der Waals surface area contributed by atoms with Gasteiger partial charge in [0.2, 0.25) is 5.91 Å². The molecule has 0 saturated carbocycles. The van der Waals surface area contributed by atoms with Gasteiger partial charge in [-0.25, -0.2) is 0 Å². The Morgan fingerprint density at radius 1 is 0.974 bits per heavy atom. The Balaban J connectivity index is 1.14. The fourth-order valence-corrected chi connectivity index (χ4v) is 4.72. The number of fused-ring (bicyclic) bond motifs is 1. The van der Waals surface area contributed by atoms with Gasteiger partial charge < -0.3 is 10.3 Å². The van der Waals surface area contributed by atoms with Crippen LogP contribution in [-0.4, -0.2) is 39.9 Å². The van der Waals surface area contributed by atoms with Crippen LogP contribution >= 0.6 is 0 Å². The number of aromatic nitrogens is 2. The number of pyridine rings is 1. The number of aryl methyl sites for hydroxylation is 1. The number of hydrogen-bond acceptors (Lipinski definition) is 3. The molecule has 1 amide bonds. The number of para-hydroxylation sites is 1. The van der Waals surface area contributed by atoms with E-state index < -0.39 is 0 Å². The van der Waals surface area contributed by atoms with Crippen LogP contribution in [-0.2, 0) is 24.2 Å². The van der Waals surface area contributed by atoms with E-state index in [1.807, 2.05) is 12.1 Å². The Kier molecular flexibility index (Phi) is 10.3. The Morgan fingerprint density at radius 2 is 1.79 bits per heavy atom. The van der Waals surface area contributed by atoms with Gasteiger partial charge in [-0.05, 0) is 80.0 Å². The molecule has 198 valence electrons. The summed E-state index contributed by atoms with van der Waals surface area (Å²) < 4.78 is 0. The summed E-state index contributed by atoms with van der Waals surface area (Å²) in [5.41, 5.74) is 6.28. The first-order valence-electron chi connectivity index (χ1n) is 13.8. The largest absolute Gasteiger partial charge is 0.361 e. The molecular weight excluding hydrogens is 468 g/mol. The van der Waals surface area contributed by atoms with Gasteiger partial charge in [-0.15, -0.1) is 0 Å². The number of rotatable bonds is 14. The topological polar surface area (TPSA) is 61.0 Å². The molecule has 0 saturated heterocycles. The summed E-state index contributed by atoms with van der Waals surface area (Å²) in [6, 6.07) is 21.9. The molecule has 0 spiro atoms. The minimum Gasteiger partial charge on any atom is -0.361 e. The SMILES string of the molecule is CC(C)N(CCc1c[nH]c2ccccc12)Cc1ccc(CCCCCNC(=O)/C=C/c2cccnc2)cc1. The number of aromatic amines is 1. The average Bonchev–Trinajstić information content (AvgIpc) is 3.36. The monoisotopic (exact) mass is 508 g/mol. The van der Waals surface area contributed by atoms with Gasteiger partial charge in [0.25, 0.3) is 0 Å². The van der Waals surface area contributed by atoms with Gasteiger partial charge in [0.15, 0.2) is 0 Å². The van der Waals surface area contributed by atoms with E-state index in [1.54, 1.807) is 24.5 Å². The predicted molar refractivity (Wildman–Crippen MR) is 158 cm³/mol. The predicted octanol–water partition coefficient (Wildman–Crippen LogP) is 6.56. The number of nitrogens with zero attached hydrogens (tertiary/aromatic N) is 2. The summed E-state index contributed by atoms with van der Waals surface area (Å²) >= 11 is 0. The highest BCUT2D eigenvalue weighted by Crippen LogP contribution is 2.19. The quantitative estimate of drug-likeness (QED) is 0.150. The number of H-pyrrole nitrogens is 1. The molecule has 0 bridgehead atoms. The molecule has 0 atom stereocenters. The Hall–Kier alpha value is -3.70. The van der Waals surface area contributed by atoms with Crippen LogP contribution in [0, 0.1) is 0 Å². The standard InChI is InChI=1S/C33H40N4O/c1-26(2)37(22-19-30-24-36-32-12-6-5-11-31(30)32)25-29-15-13-27(14-16-29)9-4-3-7-21-35-33(38)18-17-28-10-8-20-34-23-28/h5-6,8,10-18,20,23-24,26,36H,3-4,7,9,19,21-22,25H2,1-2H3,(H,35,38)/b18-17+. The van der Waals surface area contributed by atoms with Crippen molar-refractivity contribution in [3.8, 4) is 0 Å². The van der Waals surface area contributed by atoms with Crippen molar-refractivity contribution >= 4 is 22.9 Å². The third-order valence-electron chi connectivity index (χ3n) is 7.04. The molecule has 2 aromatic carbocycles. The molecule has 5 nitrogen and oxygen atoms in total. The van der Waals surface area contributed by atoms with Crippen LogP contribution in [0.15, 0.2) is 85.3 Å². The Labute approximate surface area is 227 Å². The molecule has 0 aliphatic heterocycles. The summed E-state index contributed by atoms with van der Waals surface area (Å²) in [7, 11) is 0. The zero-order chi connectivity index (χ0) is 26.6. The molecule has 5 heteroatoms. The fraction of sp³-hybridized carbons (Fsp3) is 0.333. The van der Waals surface area contributed by atoms with Crippen molar-refractivity contribution in [2.24, 2.45) is 0 Å². The zero-order valence-corrected chi connectivity index (χ0v) is 22.7. The number of unbranched alkanes of at least 4 members (excludes halogenated alkanes) is 2. The van der Waals surface area contributed by atoms with E-state index in [-0.39, 0.29) is 5.91 Å². The second-order valence-electron chi connectivity index (χ2n) is 10.2. The number of nitrogens with one attached hydrogen (secondary N) is 2. The second kappa shape index (κ2) is 14.3. The molecular formula is C33H40N4O. The third-order valence-corrected chi connectivity index (χ3v) is 7.04. The summed E-state index contributed by atoms with van der Waals surface area (Å²) in [6.07, 6.45) is 14.3. The summed E-state index contributed by atoms with van der Waals surface area (Å²) in [6.45, 7) is 7.27. The van der Waals surface area contributed by atoms with Crippen LogP contribution in [0.3, 0.4) is 0 Å². The molecule has 2 heterocycles. The van der Waals surface area contributed by atoms with E-state index >= 15 is 0 Å². The van der Waals surface area contributed by atoms with Crippen molar-refractivity contribution in [2.45, 2.75) is 58.5 Å². The van der Waals surface area contributed by atoms with Crippen LogP contribution in [0.5, 0.6) is 0 Å². The molecule has 4 rings (SSSR count). The maximum atomic E-state index is 12.0. The maximum Gasteiger partial charge on any atom is 0.243 e. The number of amides is 1. The molecule has 0 fully saturated rings. The number of benzene rings is 2. The van der Waals surface area contributed by atoms with E-state index in [0.29, 0.717) is 12.6 Å². The van der Waals surface area contributed by atoms with Crippen molar-refractivity contribution in [3.05, 3.63) is 108 Å². The van der Waals surface area contributed by atoms with Crippen LogP contribution < -0.4 is 5.32 Å².